The summed E-state index contributed by atoms with van der Waals surface area (Å²) < 4.78 is 13.9. The van der Waals surface area contributed by atoms with Gasteiger partial charge in [-0.15, -0.1) is 0 Å². The second-order valence-electron chi connectivity index (χ2n) is 7.14. The zero-order valence-electron chi connectivity index (χ0n) is 12.5. The molecule has 3 unspecified atom stereocenters. The summed E-state index contributed by atoms with van der Waals surface area (Å²) in [5.41, 5.74) is 1.38. The van der Waals surface area contributed by atoms with E-state index < -0.39 is 0 Å². The van der Waals surface area contributed by atoms with Gasteiger partial charge in [0.25, 0.3) is 0 Å². The van der Waals surface area contributed by atoms with Crippen LogP contribution in [0.15, 0.2) is 22.7 Å². The van der Waals surface area contributed by atoms with E-state index in [0.29, 0.717) is 11.3 Å². The quantitative estimate of drug-likeness (QED) is 0.805. The van der Waals surface area contributed by atoms with Crippen molar-refractivity contribution in [3.05, 3.63) is 34.1 Å². The molecule has 1 aliphatic carbocycles. The summed E-state index contributed by atoms with van der Waals surface area (Å²) in [6, 6.07) is 4.83. The van der Waals surface area contributed by atoms with Gasteiger partial charge in [0, 0.05) is 4.47 Å². The van der Waals surface area contributed by atoms with Crippen LogP contribution < -0.4 is 0 Å². The van der Waals surface area contributed by atoms with Gasteiger partial charge in [0.1, 0.15) is 5.82 Å². The van der Waals surface area contributed by atoms with E-state index in [1.165, 1.54) is 12.1 Å². The molecule has 0 bridgehead atoms. The van der Waals surface area contributed by atoms with Crippen LogP contribution in [0.5, 0.6) is 0 Å². The van der Waals surface area contributed by atoms with Crippen molar-refractivity contribution < 1.29 is 9.50 Å². The topological polar surface area (TPSA) is 20.2 Å². The standard InChI is InChI=1S/C17H24BrFO/c1-17(2,3)13-5-7-16(20)12(9-13)8-11-4-6-14(19)10-15(11)18/h4,6,10,12-13,16,20H,5,7-9H2,1-3H3. The van der Waals surface area contributed by atoms with E-state index >= 15 is 0 Å². The molecular weight excluding hydrogens is 319 g/mol. The zero-order chi connectivity index (χ0) is 14.9. The van der Waals surface area contributed by atoms with E-state index in [4.69, 9.17) is 0 Å². The molecule has 1 aromatic carbocycles. The number of hydrogen-bond donors (Lipinski definition) is 1. The molecule has 1 saturated carbocycles. The Bertz CT molecular complexity index is 467. The summed E-state index contributed by atoms with van der Waals surface area (Å²) in [4.78, 5) is 0. The summed E-state index contributed by atoms with van der Waals surface area (Å²) in [6.07, 6.45) is 3.62. The Kier molecular flexibility index (Phi) is 4.91. The average Bonchev–Trinajstić information content (AvgIpc) is 2.33. The molecule has 20 heavy (non-hydrogen) atoms. The van der Waals surface area contributed by atoms with Gasteiger partial charge in [-0.1, -0.05) is 42.8 Å². The Morgan fingerprint density at radius 2 is 2.00 bits per heavy atom. The molecule has 1 aliphatic rings. The highest BCUT2D eigenvalue weighted by molar-refractivity contribution is 9.10. The summed E-state index contributed by atoms with van der Waals surface area (Å²) >= 11 is 3.43. The number of rotatable bonds is 2. The monoisotopic (exact) mass is 342 g/mol. The molecule has 3 heteroatoms. The molecule has 1 fully saturated rings. The predicted octanol–water partition coefficient (Wildman–Crippen LogP) is 4.95. The number of aliphatic hydroxyl groups is 1. The molecule has 0 aromatic heterocycles. The number of aliphatic hydroxyl groups excluding tert-OH is 1. The van der Waals surface area contributed by atoms with Crippen LogP contribution in [0.25, 0.3) is 0 Å². The van der Waals surface area contributed by atoms with Gasteiger partial charge >= 0.3 is 0 Å². The van der Waals surface area contributed by atoms with Crippen LogP contribution in [0.3, 0.4) is 0 Å². The SMILES string of the molecule is CC(C)(C)C1CCC(O)C(Cc2ccc(F)cc2Br)C1. The minimum atomic E-state index is -0.231. The third-order valence-corrected chi connectivity index (χ3v) is 5.40. The number of hydrogen-bond acceptors (Lipinski definition) is 1. The van der Waals surface area contributed by atoms with Crippen LogP contribution in [-0.4, -0.2) is 11.2 Å². The maximum atomic E-state index is 13.1. The lowest BCUT2D eigenvalue weighted by Gasteiger charge is -2.40. The third-order valence-electron chi connectivity index (χ3n) is 4.66. The van der Waals surface area contributed by atoms with E-state index in [1.54, 1.807) is 0 Å². The van der Waals surface area contributed by atoms with Gasteiger partial charge in [-0.3, -0.25) is 0 Å². The van der Waals surface area contributed by atoms with Gasteiger partial charge in [0.2, 0.25) is 0 Å². The maximum Gasteiger partial charge on any atom is 0.124 e. The Hall–Kier alpha value is -0.410. The van der Waals surface area contributed by atoms with Crippen molar-refractivity contribution in [3.63, 3.8) is 0 Å². The van der Waals surface area contributed by atoms with Gasteiger partial charge in [-0.25, -0.2) is 4.39 Å². The van der Waals surface area contributed by atoms with Crippen molar-refractivity contribution in [2.75, 3.05) is 0 Å². The number of halogens is 2. The number of benzene rings is 1. The molecular formula is C17H24BrFO. The average molecular weight is 343 g/mol. The van der Waals surface area contributed by atoms with Crippen LogP contribution in [0.4, 0.5) is 4.39 Å². The van der Waals surface area contributed by atoms with Crippen LogP contribution >= 0.6 is 15.9 Å². The first-order valence-electron chi connectivity index (χ1n) is 7.39. The van der Waals surface area contributed by atoms with Crippen LogP contribution in [0.1, 0.15) is 45.6 Å². The van der Waals surface area contributed by atoms with E-state index in [1.807, 2.05) is 6.07 Å². The van der Waals surface area contributed by atoms with Crippen molar-refractivity contribution in [1.82, 2.24) is 0 Å². The third kappa shape index (κ3) is 3.82. The zero-order valence-corrected chi connectivity index (χ0v) is 14.1. The van der Waals surface area contributed by atoms with E-state index in [0.717, 1.165) is 35.7 Å². The van der Waals surface area contributed by atoms with Crippen LogP contribution in [0, 0.1) is 23.1 Å². The van der Waals surface area contributed by atoms with Gasteiger partial charge in [0.15, 0.2) is 0 Å². The highest BCUT2D eigenvalue weighted by Gasteiger charge is 2.35. The largest absolute Gasteiger partial charge is 0.393 e. The van der Waals surface area contributed by atoms with Crippen molar-refractivity contribution in [3.8, 4) is 0 Å². The molecule has 0 saturated heterocycles. The van der Waals surface area contributed by atoms with Crippen LogP contribution in [-0.2, 0) is 6.42 Å². The molecule has 0 aliphatic heterocycles. The minimum absolute atomic E-state index is 0.225. The highest BCUT2D eigenvalue weighted by Crippen LogP contribution is 2.41. The first-order valence-corrected chi connectivity index (χ1v) is 8.18. The van der Waals surface area contributed by atoms with Crippen LogP contribution in [0.2, 0.25) is 0 Å². The fourth-order valence-corrected chi connectivity index (χ4v) is 3.74. The fraction of sp³-hybridized carbons (Fsp3) is 0.647. The smallest absolute Gasteiger partial charge is 0.124 e. The Balaban J connectivity index is 2.10. The lowest BCUT2D eigenvalue weighted by molar-refractivity contribution is 0.0195. The molecule has 3 atom stereocenters. The molecule has 1 N–H and O–H groups in total. The molecule has 0 amide bonds. The van der Waals surface area contributed by atoms with E-state index in [2.05, 4.69) is 36.7 Å². The van der Waals surface area contributed by atoms with Crippen molar-refractivity contribution >= 4 is 15.9 Å². The Morgan fingerprint density at radius 1 is 1.30 bits per heavy atom. The highest BCUT2D eigenvalue weighted by atomic mass is 79.9. The van der Waals surface area contributed by atoms with Crippen molar-refractivity contribution in [2.24, 2.45) is 17.3 Å². The van der Waals surface area contributed by atoms with E-state index in [-0.39, 0.29) is 17.8 Å². The molecule has 1 nitrogen and oxygen atoms in total. The molecule has 0 spiro atoms. The molecule has 112 valence electrons. The summed E-state index contributed by atoms with van der Waals surface area (Å²) in [7, 11) is 0. The second kappa shape index (κ2) is 6.15. The summed E-state index contributed by atoms with van der Waals surface area (Å²) in [5.74, 6) is 0.697. The molecule has 1 aromatic rings. The normalized spacial score (nSPS) is 27.6. The lowest BCUT2D eigenvalue weighted by Crippen LogP contribution is -2.35. The van der Waals surface area contributed by atoms with Crippen molar-refractivity contribution in [1.29, 1.82) is 0 Å². The van der Waals surface area contributed by atoms with Gasteiger partial charge in [-0.2, -0.15) is 0 Å². The molecule has 0 heterocycles. The molecule has 2 rings (SSSR count). The van der Waals surface area contributed by atoms with Gasteiger partial charge < -0.3 is 5.11 Å². The predicted molar refractivity (Wildman–Crippen MR) is 84.1 cm³/mol. The lowest BCUT2D eigenvalue weighted by atomic mass is 9.67. The minimum Gasteiger partial charge on any atom is -0.393 e. The van der Waals surface area contributed by atoms with Crippen molar-refractivity contribution in [2.45, 2.75) is 52.6 Å². The second-order valence-corrected chi connectivity index (χ2v) is 8.00. The molecule has 0 radical (unpaired) electrons. The first-order chi connectivity index (χ1) is 9.27. The van der Waals surface area contributed by atoms with Gasteiger partial charge in [-0.05, 0) is 60.6 Å². The first kappa shape index (κ1) is 16.0. The van der Waals surface area contributed by atoms with Gasteiger partial charge in [0.05, 0.1) is 6.10 Å². The maximum absolute atomic E-state index is 13.1. The summed E-state index contributed by atoms with van der Waals surface area (Å²) in [6.45, 7) is 6.83. The fourth-order valence-electron chi connectivity index (χ4n) is 3.22. The Labute approximate surface area is 129 Å². The van der Waals surface area contributed by atoms with E-state index in [9.17, 15) is 9.50 Å². The summed E-state index contributed by atoms with van der Waals surface area (Å²) in [5, 5.41) is 10.3. The Morgan fingerprint density at radius 3 is 2.60 bits per heavy atom.